The maximum Gasteiger partial charge on any atom is 0.266 e. The Kier molecular flexibility index (Phi) is 5.88. The predicted molar refractivity (Wildman–Crippen MR) is 113 cm³/mol. The van der Waals surface area contributed by atoms with Gasteiger partial charge in [0.15, 0.2) is 0 Å². The molecule has 3 aromatic carbocycles. The van der Waals surface area contributed by atoms with Gasteiger partial charge < -0.3 is 10.1 Å². The Morgan fingerprint density at radius 3 is 2.75 bits per heavy atom. The number of ether oxygens (including phenoxy) is 1. The molecule has 0 aliphatic carbocycles. The Labute approximate surface area is 164 Å². The monoisotopic (exact) mass is 368 g/mol. The maximum atomic E-state index is 12.7. The maximum absolute atomic E-state index is 12.7. The van der Waals surface area contributed by atoms with Crippen LogP contribution >= 0.6 is 0 Å². The summed E-state index contributed by atoms with van der Waals surface area (Å²) in [6.07, 6.45) is 3.23. The van der Waals surface area contributed by atoms with Crippen molar-refractivity contribution in [2.75, 3.05) is 11.9 Å². The number of nitrogens with zero attached hydrogens (tertiary/aromatic N) is 1. The van der Waals surface area contributed by atoms with E-state index in [9.17, 15) is 10.1 Å². The van der Waals surface area contributed by atoms with Gasteiger partial charge in [-0.05, 0) is 47.5 Å². The first-order chi connectivity index (χ1) is 13.6. The van der Waals surface area contributed by atoms with E-state index in [0.29, 0.717) is 23.6 Å². The lowest BCUT2D eigenvalue weighted by atomic mass is 10.0. The Morgan fingerprint density at radius 2 is 2.00 bits per heavy atom. The molecule has 0 saturated heterocycles. The molecule has 0 saturated carbocycles. The Bertz CT molecular complexity index is 1110. The number of hydrogen-bond donors (Lipinski definition) is 1. The van der Waals surface area contributed by atoms with Crippen LogP contribution < -0.4 is 10.1 Å². The summed E-state index contributed by atoms with van der Waals surface area (Å²) in [6, 6.07) is 21.0. The van der Waals surface area contributed by atoms with Gasteiger partial charge in [0.2, 0.25) is 0 Å². The van der Waals surface area contributed by atoms with Crippen LogP contribution in [0.1, 0.15) is 11.1 Å². The molecule has 0 atom stereocenters. The number of fused-ring (bicyclic) bond motifs is 1. The SMILES string of the molecule is C=CCOc1ccc2ccccc2c1/C=C(\C#N)C(=O)Nc1cccc(C)c1. The molecule has 0 bridgehead atoms. The summed E-state index contributed by atoms with van der Waals surface area (Å²) in [4.78, 5) is 12.7. The molecule has 0 spiro atoms. The van der Waals surface area contributed by atoms with E-state index in [0.717, 1.165) is 16.3 Å². The molecule has 4 heteroatoms. The van der Waals surface area contributed by atoms with E-state index in [1.807, 2.05) is 67.6 Å². The summed E-state index contributed by atoms with van der Waals surface area (Å²) in [7, 11) is 0. The van der Waals surface area contributed by atoms with E-state index in [2.05, 4.69) is 11.9 Å². The van der Waals surface area contributed by atoms with Crippen molar-refractivity contribution < 1.29 is 9.53 Å². The zero-order valence-electron chi connectivity index (χ0n) is 15.6. The van der Waals surface area contributed by atoms with Crippen LogP contribution in [-0.2, 0) is 4.79 Å². The fourth-order valence-electron chi connectivity index (χ4n) is 2.91. The summed E-state index contributed by atoms with van der Waals surface area (Å²) in [5.74, 6) is 0.130. The number of anilines is 1. The first kappa shape index (κ1) is 18.9. The smallest absolute Gasteiger partial charge is 0.266 e. The van der Waals surface area contributed by atoms with Crippen molar-refractivity contribution in [1.82, 2.24) is 0 Å². The van der Waals surface area contributed by atoms with Gasteiger partial charge in [0.25, 0.3) is 5.91 Å². The molecular weight excluding hydrogens is 348 g/mol. The molecule has 1 amide bonds. The lowest BCUT2D eigenvalue weighted by Crippen LogP contribution is -2.13. The van der Waals surface area contributed by atoms with Crippen LogP contribution in [0.15, 0.2) is 78.9 Å². The van der Waals surface area contributed by atoms with Crippen LogP contribution in [-0.4, -0.2) is 12.5 Å². The third-order valence-electron chi connectivity index (χ3n) is 4.22. The van der Waals surface area contributed by atoms with Gasteiger partial charge in [0.1, 0.15) is 24.0 Å². The molecule has 4 nitrogen and oxygen atoms in total. The number of hydrogen-bond acceptors (Lipinski definition) is 3. The first-order valence-electron chi connectivity index (χ1n) is 8.87. The topological polar surface area (TPSA) is 62.1 Å². The number of nitriles is 1. The number of rotatable bonds is 6. The minimum absolute atomic E-state index is 0.00122. The van der Waals surface area contributed by atoms with E-state index in [4.69, 9.17) is 4.74 Å². The van der Waals surface area contributed by atoms with Gasteiger partial charge in [-0.2, -0.15) is 5.26 Å². The van der Waals surface area contributed by atoms with Crippen molar-refractivity contribution in [2.24, 2.45) is 0 Å². The van der Waals surface area contributed by atoms with Gasteiger partial charge in [0, 0.05) is 11.3 Å². The largest absolute Gasteiger partial charge is 0.489 e. The van der Waals surface area contributed by atoms with Gasteiger partial charge in [-0.1, -0.05) is 55.1 Å². The molecule has 0 radical (unpaired) electrons. The summed E-state index contributed by atoms with van der Waals surface area (Å²) in [5.41, 5.74) is 2.36. The highest BCUT2D eigenvalue weighted by Crippen LogP contribution is 2.30. The summed E-state index contributed by atoms with van der Waals surface area (Å²) in [5, 5.41) is 14.3. The van der Waals surface area contributed by atoms with Gasteiger partial charge in [-0.3, -0.25) is 4.79 Å². The van der Waals surface area contributed by atoms with Gasteiger partial charge in [-0.25, -0.2) is 0 Å². The number of benzene rings is 3. The van der Waals surface area contributed by atoms with Gasteiger partial charge in [-0.15, -0.1) is 0 Å². The number of carbonyl (C=O) groups excluding carboxylic acids is 1. The number of aryl methyl sites for hydroxylation is 1. The zero-order chi connectivity index (χ0) is 19.9. The Hall–Kier alpha value is -3.84. The molecule has 138 valence electrons. The van der Waals surface area contributed by atoms with Crippen molar-refractivity contribution in [3.63, 3.8) is 0 Å². The lowest BCUT2D eigenvalue weighted by molar-refractivity contribution is -0.112. The van der Waals surface area contributed by atoms with E-state index in [-0.39, 0.29) is 5.57 Å². The van der Waals surface area contributed by atoms with Crippen molar-refractivity contribution in [3.8, 4) is 11.8 Å². The molecule has 0 heterocycles. The normalized spacial score (nSPS) is 10.9. The Morgan fingerprint density at radius 1 is 1.18 bits per heavy atom. The highest BCUT2D eigenvalue weighted by molar-refractivity contribution is 6.11. The molecule has 0 aliphatic rings. The molecular formula is C24H20N2O2. The van der Waals surface area contributed by atoms with E-state index < -0.39 is 5.91 Å². The third-order valence-corrected chi connectivity index (χ3v) is 4.22. The molecule has 0 aliphatic heterocycles. The standard InChI is InChI=1S/C24H20N2O2/c1-3-13-28-23-12-11-18-8-4-5-10-21(18)22(23)15-19(16-25)24(27)26-20-9-6-7-17(2)14-20/h3-12,14-15H,1,13H2,2H3,(H,26,27)/b19-15+. The quantitative estimate of drug-likeness (QED) is 0.367. The van der Waals surface area contributed by atoms with E-state index in [1.54, 1.807) is 18.2 Å². The third kappa shape index (κ3) is 4.28. The van der Waals surface area contributed by atoms with E-state index in [1.165, 1.54) is 0 Å². The van der Waals surface area contributed by atoms with Crippen molar-refractivity contribution in [3.05, 3.63) is 90.0 Å². The highest BCUT2D eigenvalue weighted by atomic mass is 16.5. The summed E-state index contributed by atoms with van der Waals surface area (Å²) >= 11 is 0. The summed E-state index contributed by atoms with van der Waals surface area (Å²) in [6.45, 7) is 5.94. The lowest BCUT2D eigenvalue weighted by Gasteiger charge is -2.11. The molecule has 3 rings (SSSR count). The minimum atomic E-state index is -0.462. The van der Waals surface area contributed by atoms with Gasteiger partial charge in [0.05, 0.1) is 0 Å². The molecule has 28 heavy (non-hydrogen) atoms. The van der Waals surface area contributed by atoms with E-state index >= 15 is 0 Å². The van der Waals surface area contributed by atoms with Crippen LogP contribution in [0.4, 0.5) is 5.69 Å². The zero-order valence-corrected chi connectivity index (χ0v) is 15.6. The average molecular weight is 368 g/mol. The Balaban J connectivity index is 2.03. The van der Waals surface area contributed by atoms with Crippen LogP contribution in [0, 0.1) is 18.3 Å². The van der Waals surface area contributed by atoms with Crippen molar-refractivity contribution in [2.45, 2.75) is 6.92 Å². The number of carbonyl (C=O) groups is 1. The molecule has 0 fully saturated rings. The predicted octanol–water partition coefficient (Wildman–Crippen LogP) is 5.26. The van der Waals surface area contributed by atoms with Crippen LogP contribution in [0.25, 0.3) is 16.8 Å². The number of nitrogens with one attached hydrogen (secondary N) is 1. The second-order valence-corrected chi connectivity index (χ2v) is 6.29. The fourth-order valence-corrected chi connectivity index (χ4v) is 2.91. The van der Waals surface area contributed by atoms with Crippen molar-refractivity contribution in [1.29, 1.82) is 5.26 Å². The van der Waals surface area contributed by atoms with Crippen LogP contribution in [0.3, 0.4) is 0 Å². The van der Waals surface area contributed by atoms with Crippen LogP contribution in [0.2, 0.25) is 0 Å². The minimum Gasteiger partial charge on any atom is -0.489 e. The molecule has 0 aromatic heterocycles. The average Bonchev–Trinajstić information content (AvgIpc) is 2.70. The number of amides is 1. The summed E-state index contributed by atoms with van der Waals surface area (Å²) < 4.78 is 5.75. The van der Waals surface area contributed by atoms with Crippen LogP contribution in [0.5, 0.6) is 5.75 Å². The second kappa shape index (κ2) is 8.70. The fraction of sp³-hybridized carbons (Fsp3) is 0.0833. The van der Waals surface area contributed by atoms with Gasteiger partial charge >= 0.3 is 0 Å². The van der Waals surface area contributed by atoms with Crippen molar-refractivity contribution >= 4 is 28.4 Å². The molecule has 1 N–H and O–H groups in total. The highest BCUT2D eigenvalue weighted by Gasteiger charge is 2.13. The second-order valence-electron chi connectivity index (χ2n) is 6.29. The molecule has 0 unspecified atom stereocenters. The molecule has 3 aromatic rings. The first-order valence-corrected chi connectivity index (χ1v) is 8.87.